The number of nitrogens with one attached hydrogen (secondary N) is 1. The number of aryl methyl sites for hydroxylation is 1. The molecule has 1 aliphatic rings. The van der Waals surface area contributed by atoms with Crippen molar-refractivity contribution >= 4 is 11.7 Å². The molecule has 1 atom stereocenters. The summed E-state index contributed by atoms with van der Waals surface area (Å²) in [5.74, 6) is 0.621. The summed E-state index contributed by atoms with van der Waals surface area (Å²) in [4.78, 5) is 14.0. The number of amides is 2. The number of benzene rings is 2. The van der Waals surface area contributed by atoms with Crippen molar-refractivity contribution in [1.29, 1.82) is 0 Å². The second-order valence-corrected chi connectivity index (χ2v) is 6.92. The molecule has 3 rings (SSSR count). The number of para-hydroxylation sites is 2. The third-order valence-corrected chi connectivity index (χ3v) is 4.75. The molecule has 27 heavy (non-hydrogen) atoms. The van der Waals surface area contributed by atoms with Crippen LogP contribution in [0.4, 0.5) is 10.5 Å². The lowest BCUT2D eigenvalue weighted by molar-refractivity contribution is -0.00246. The molecule has 1 aliphatic heterocycles. The lowest BCUT2D eigenvalue weighted by Crippen LogP contribution is -2.40. The number of likely N-dealkylation sites (tertiary alicyclic amines) is 1. The largest absolute Gasteiger partial charge is 0.491 e. The van der Waals surface area contributed by atoms with Gasteiger partial charge < -0.3 is 25.2 Å². The molecule has 1 fully saturated rings. The number of ether oxygens (including phenoxy) is 1. The number of hydrogen-bond acceptors (Lipinski definition) is 4. The van der Waals surface area contributed by atoms with E-state index in [4.69, 9.17) is 4.74 Å². The maximum atomic E-state index is 12.5. The van der Waals surface area contributed by atoms with E-state index in [2.05, 4.69) is 17.4 Å². The zero-order valence-corrected chi connectivity index (χ0v) is 15.3. The highest BCUT2D eigenvalue weighted by atomic mass is 16.5. The molecule has 0 radical (unpaired) electrons. The Morgan fingerprint density at radius 3 is 2.63 bits per heavy atom. The van der Waals surface area contributed by atoms with E-state index in [1.54, 1.807) is 6.07 Å². The van der Waals surface area contributed by atoms with Gasteiger partial charge in [0.05, 0.1) is 25.4 Å². The van der Waals surface area contributed by atoms with Gasteiger partial charge in [0.25, 0.3) is 0 Å². The number of carbonyl (C=O) groups excluding carboxylic acids is 1. The maximum absolute atomic E-state index is 12.5. The minimum atomic E-state index is -1.20. The third kappa shape index (κ3) is 5.21. The number of anilines is 1. The molecular weight excluding hydrogens is 344 g/mol. The molecule has 0 aromatic heterocycles. The number of rotatable bonds is 7. The summed E-state index contributed by atoms with van der Waals surface area (Å²) in [5, 5.41) is 22.2. The van der Waals surface area contributed by atoms with E-state index in [1.165, 1.54) is 10.5 Å². The van der Waals surface area contributed by atoms with Crippen molar-refractivity contribution in [3.63, 3.8) is 0 Å². The summed E-state index contributed by atoms with van der Waals surface area (Å²) in [6.07, 6.45) is 2.18. The number of aliphatic hydroxyl groups excluding tert-OH is 1. The Bertz CT molecular complexity index is 753. The molecular formula is C21H26N2O4. The quantitative estimate of drug-likeness (QED) is 0.655. The van der Waals surface area contributed by atoms with E-state index in [0.717, 1.165) is 12.8 Å². The van der Waals surface area contributed by atoms with Gasteiger partial charge in [-0.1, -0.05) is 42.5 Å². The zero-order chi connectivity index (χ0) is 19.1. The van der Waals surface area contributed by atoms with Gasteiger partial charge in [0, 0.05) is 6.54 Å². The second-order valence-electron chi connectivity index (χ2n) is 6.92. The van der Waals surface area contributed by atoms with Crippen molar-refractivity contribution in [3.8, 4) is 5.75 Å². The van der Waals surface area contributed by atoms with Crippen LogP contribution in [0.1, 0.15) is 18.4 Å². The molecule has 0 spiro atoms. The Morgan fingerprint density at radius 2 is 1.89 bits per heavy atom. The first-order valence-electron chi connectivity index (χ1n) is 9.25. The van der Waals surface area contributed by atoms with Gasteiger partial charge in [0.1, 0.15) is 11.4 Å². The summed E-state index contributed by atoms with van der Waals surface area (Å²) in [7, 11) is 0. The summed E-state index contributed by atoms with van der Waals surface area (Å²) in [5.41, 5.74) is 0.667. The van der Waals surface area contributed by atoms with Gasteiger partial charge >= 0.3 is 6.03 Å². The average Bonchev–Trinajstić information content (AvgIpc) is 3.10. The highest BCUT2D eigenvalue weighted by Gasteiger charge is 2.37. The van der Waals surface area contributed by atoms with Gasteiger partial charge in [-0.2, -0.15) is 0 Å². The van der Waals surface area contributed by atoms with Crippen LogP contribution in [0.3, 0.4) is 0 Å². The lowest BCUT2D eigenvalue weighted by Gasteiger charge is -2.21. The molecule has 2 aromatic rings. The highest BCUT2D eigenvalue weighted by molar-refractivity contribution is 5.91. The number of aliphatic hydroxyl groups is 2. The van der Waals surface area contributed by atoms with E-state index in [1.807, 2.05) is 36.4 Å². The molecule has 6 nitrogen and oxygen atoms in total. The molecule has 1 saturated heterocycles. The first-order chi connectivity index (χ1) is 13.1. The Hall–Kier alpha value is -2.57. The fourth-order valence-electron chi connectivity index (χ4n) is 3.15. The van der Waals surface area contributed by atoms with Crippen LogP contribution in [-0.4, -0.2) is 53.0 Å². The number of carbonyl (C=O) groups is 1. The maximum Gasteiger partial charge on any atom is 0.322 e. The van der Waals surface area contributed by atoms with Crippen molar-refractivity contribution in [2.75, 3.05) is 31.6 Å². The lowest BCUT2D eigenvalue weighted by atomic mass is 10.1. The van der Waals surface area contributed by atoms with Crippen molar-refractivity contribution in [2.45, 2.75) is 24.9 Å². The fourth-order valence-corrected chi connectivity index (χ4v) is 3.15. The molecule has 3 N–H and O–H groups in total. The van der Waals surface area contributed by atoms with E-state index < -0.39 is 5.60 Å². The van der Waals surface area contributed by atoms with Crippen molar-refractivity contribution in [2.24, 2.45) is 0 Å². The van der Waals surface area contributed by atoms with Crippen LogP contribution >= 0.6 is 0 Å². The summed E-state index contributed by atoms with van der Waals surface area (Å²) in [6.45, 7) is 0.728. The highest BCUT2D eigenvalue weighted by Crippen LogP contribution is 2.26. The van der Waals surface area contributed by atoms with E-state index in [0.29, 0.717) is 31.0 Å². The van der Waals surface area contributed by atoms with Crippen LogP contribution in [-0.2, 0) is 6.42 Å². The monoisotopic (exact) mass is 370 g/mol. The zero-order valence-electron chi connectivity index (χ0n) is 15.3. The van der Waals surface area contributed by atoms with Gasteiger partial charge in [-0.05, 0) is 37.0 Å². The van der Waals surface area contributed by atoms with Gasteiger partial charge in [-0.25, -0.2) is 4.79 Å². The fraction of sp³-hybridized carbons (Fsp3) is 0.381. The van der Waals surface area contributed by atoms with Gasteiger partial charge in [-0.3, -0.25) is 0 Å². The number of nitrogens with zero attached hydrogens (tertiary/aromatic N) is 1. The van der Waals surface area contributed by atoms with Crippen molar-refractivity contribution in [1.82, 2.24) is 4.90 Å². The first kappa shape index (κ1) is 19.2. The minimum absolute atomic E-state index is 0.120. The minimum Gasteiger partial charge on any atom is -0.491 e. The predicted octanol–water partition coefficient (Wildman–Crippen LogP) is 2.66. The number of β-amino-alcohol motifs (C(OH)–C–C–N with tert-alkyl or cyclic N) is 1. The molecule has 2 amide bonds. The Labute approximate surface area is 159 Å². The van der Waals surface area contributed by atoms with Crippen LogP contribution in [0.15, 0.2) is 54.6 Å². The van der Waals surface area contributed by atoms with Crippen LogP contribution in [0.2, 0.25) is 0 Å². The topological polar surface area (TPSA) is 82.0 Å². The van der Waals surface area contributed by atoms with Gasteiger partial charge in [0.2, 0.25) is 0 Å². The molecule has 2 aromatic carbocycles. The van der Waals surface area contributed by atoms with E-state index in [-0.39, 0.29) is 19.2 Å². The normalized spacial score (nSPS) is 19.1. The summed E-state index contributed by atoms with van der Waals surface area (Å²) < 4.78 is 5.86. The van der Waals surface area contributed by atoms with E-state index >= 15 is 0 Å². The van der Waals surface area contributed by atoms with Gasteiger partial charge in [0.15, 0.2) is 0 Å². The molecule has 1 heterocycles. The Balaban J connectivity index is 1.52. The van der Waals surface area contributed by atoms with Crippen LogP contribution in [0.25, 0.3) is 0 Å². The molecule has 0 bridgehead atoms. The van der Waals surface area contributed by atoms with Gasteiger partial charge in [-0.15, -0.1) is 0 Å². The molecule has 6 heteroatoms. The van der Waals surface area contributed by atoms with Crippen LogP contribution in [0, 0.1) is 0 Å². The molecule has 0 aliphatic carbocycles. The van der Waals surface area contributed by atoms with Crippen LogP contribution in [0.5, 0.6) is 5.75 Å². The smallest absolute Gasteiger partial charge is 0.322 e. The van der Waals surface area contributed by atoms with E-state index in [9.17, 15) is 15.0 Å². The molecule has 144 valence electrons. The van der Waals surface area contributed by atoms with Crippen molar-refractivity contribution in [3.05, 3.63) is 60.2 Å². The number of hydrogen-bond donors (Lipinski definition) is 3. The predicted molar refractivity (Wildman–Crippen MR) is 104 cm³/mol. The third-order valence-electron chi connectivity index (χ3n) is 4.75. The second kappa shape index (κ2) is 8.88. The Morgan fingerprint density at radius 1 is 1.15 bits per heavy atom. The van der Waals surface area contributed by atoms with Crippen LogP contribution < -0.4 is 10.1 Å². The Kier molecular flexibility index (Phi) is 6.32. The standard InChI is InChI=1S/C21H26N2O4/c24-16-21(26)12-13-23(15-21)20(25)22-18-10-4-5-11-19(18)27-14-6-9-17-7-2-1-3-8-17/h1-5,7-8,10-11,24,26H,6,9,12-16H2,(H,22,25). The summed E-state index contributed by atoms with van der Waals surface area (Å²) in [6, 6.07) is 17.2. The first-order valence-corrected chi connectivity index (χ1v) is 9.25. The summed E-state index contributed by atoms with van der Waals surface area (Å²) >= 11 is 0. The average molecular weight is 370 g/mol. The van der Waals surface area contributed by atoms with Crippen molar-refractivity contribution < 1.29 is 19.7 Å². The molecule has 1 unspecified atom stereocenters. The number of urea groups is 1. The SMILES string of the molecule is O=C(Nc1ccccc1OCCCc1ccccc1)N1CCC(O)(CO)C1. The molecule has 0 saturated carbocycles.